The Kier molecular flexibility index (Phi) is 4.58. The van der Waals surface area contributed by atoms with E-state index in [-0.39, 0.29) is 5.56 Å². The first-order valence-electron chi connectivity index (χ1n) is 5.14. The normalized spacial score (nSPS) is 12.5. The van der Waals surface area contributed by atoms with Gasteiger partial charge in [-0.15, -0.1) is 0 Å². The van der Waals surface area contributed by atoms with E-state index in [0.717, 1.165) is 0 Å². The minimum absolute atomic E-state index is 0.276. The average Bonchev–Trinajstić information content (AvgIpc) is 2.31. The van der Waals surface area contributed by atoms with Crippen LogP contribution >= 0.6 is 43.5 Å². The van der Waals surface area contributed by atoms with Crippen LogP contribution in [0.1, 0.15) is 16.0 Å². The van der Waals surface area contributed by atoms with Crippen LogP contribution in [0, 0.1) is 17.5 Å². The lowest BCUT2D eigenvalue weighted by molar-refractivity contribution is 0.527. The maximum Gasteiger partial charge on any atom is 0.133 e. The molecule has 0 heterocycles. The highest BCUT2D eigenvalue weighted by Crippen LogP contribution is 2.40. The summed E-state index contributed by atoms with van der Waals surface area (Å²) in [4.78, 5) is -0.807. The largest absolute Gasteiger partial charge is 0.207 e. The summed E-state index contributed by atoms with van der Waals surface area (Å²) < 4.78 is 40.9. The molecule has 0 amide bonds. The van der Waals surface area contributed by atoms with Crippen LogP contribution in [0.4, 0.5) is 13.2 Å². The summed E-state index contributed by atoms with van der Waals surface area (Å²) in [6.07, 6.45) is 0. The van der Waals surface area contributed by atoms with Crippen molar-refractivity contribution in [2.75, 3.05) is 0 Å². The summed E-state index contributed by atoms with van der Waals surface area (Å²) in [6.45, 7) is 0. The molecule has 2 aromatic rings. The van der Waals surface area contributed by atoms with Gasteiger partial charge >= 0.3 is 0 Å². The van der Waals surface area contributed by atoms with Gasteiger partial charge in [0.15, 0.2) is 0 Å². The van der Waals surface area contributed by atoms with E-state index in [9.17, 15) is 13.2 Å². The molecule has 0 saturated carbocycles. The van der Waals surface area contributed by atoms with Gasteiger partial charge in [0.2, 0.25) is 0 Å². The Bertz CT molecular complexity index is 608. The van der Waals surface area contributed by atoms with Gasteiger partial charge in [0.05, 0.1) is 9.85 Å². The summed E-state index contributed by atoms with van der Waals surface area (Å²) >= 11 is 12.5. The van der Waals surface area contributed by atoms with E-state index in [1.165, 1.54) is 0 Å². The number of rotatable bonds is 2. The lowest BCUT2D eigenvalue weighted by Gasteiger charge is -2.15. The third kappa shape index (κ3) is 2.98. The molecule has 0 aliphatic heterocycles. The molecule has 0 N–H and O–H groups in total. The summed E-state index contributed by atoms with van der Waals surface area (Å²) in [7, 11) is 0. The summed E-state index contributed by atoms with van der Waals surface area (Å²) in [5, 5.41) is 0.340. The van der Waals surface area contributed by atoms with Crippen LogP contribution in [0.15, 0.2) is 34.8 Å². The molecule has 2 aromatic carbocycles. The number of benzene rings is 2. The van der Waals surface area contributed by atoms with E-state index in [4.69, 9.17) is 11.6 Å². The van der Waals surface area contributed by atoms with Crippen LogP contribution in [-0.4, -0.2) is 0 Å². The van der Waals surface area contributed by atoms with Crippen molar-refractivity contribution in [3.05, 3.63) is 68.4 Å². The lowest BCUT2D eigenvalue weighted by Crippen LogP contribution is -2.02. The average molecular weight is 414 g/mol. The van der Waals surface area contributed by atoms with E-state index >= 15 is 0 Å². The molecule has 6 heteroatoms. The lowest BCUT2D eigenvalue weighted by atomic mass is 10.0. The van der Waals surface area contributed by atoms with Gasteiger partial charge in [-0.25, -0.2) is 13.2 Å². The highest BCUT2D eigenvalue weighted by Gasteiger charge is 2.23. The van der Waals surface area contributed by atoms with E-state index in [2.05, 4.69) is 31.9 Å². The SMILES string of the molecule is Fc1cc(F)c(C(Br)c2cccc(Br)c2Cl)c(F)c1. The zero-order chi connectivity index (χ0) is 14.2. The maximum atomic E-state index is 13.7. The summed E-state index contributed by atoms with van der Waals surface area (Å²) in [5.74, 6) is -2.88. The number of hydrogen-bond donors (Lipinski definition) is 0. The predicted molar refractivity (Wildman–Crippen MR) is 76.2 cm³/mol. The van der Waals surface area contributed by atoms with E-state index in [1.807, 2.05) is 0 Å². The number of alkyl halides is 1. The molecule has 2 rings (SSSR count). The molecule has 1 atom stereocenters. The van der Waals surface area contributed by atoms with Crippen LogP contribution < -0.4 is 0 Å². The molecular formula is C13H6Br2ClF3. The molecule has 0 radical (unpaired) electrons. The van der Waals surface area contributed by atoms with Crippen molar-refractivity contribution in [1.82, 2.24) is 0 Å². The highest BCUT2D eigenvalue weighted by molar-refractivity contribution is 9.10. The van der Waals surface area contributed by atoms with Gasteiger partial charge in [-0.3, -0.25) is 0 Å². The van der Waals surface area contributed by atoms with E-state index < -0.39 is 22.3 Å². The quantitative estimate of drug-likeness (QED) is 0.529. The first-order valence-corrected chi connectivity index (χ1v) is 7.23. The van der Waals surface area contributed by atoms with Gasteiger partial charge in [-0.2, -0.15) is 0 Å². The first-order chi connectivity index (χ1) is 8.91. The Morgan fingerprint density at radius 2 is 1.63 bits per heavy atom. The van der Waals surface area contributed by atoms with Gasteiger partial charge in [-0.1, -0.05) is 39.7 Å². The van der Waals surface area contributed by atoms with Crippen molar-refractivity contribution in [1.29, 1.82) is 0 Å². The molecule has 0 aliphatic rings. The van der Waals surface area contributed by atoms with Crippen LogP contribution in [0.3, 0.4) is 0 Å². The number of hydrogen-bond acceptors (Lipinski definition) is 0. The fourth-order valence-corrected chi connectivity index (χ4v) is 3.23. The zero-order valence-corrected chi connectivity index (χ0v) is 13.2. The smallest absolute Gasteiger partial charge is 0.133 e. The second-order valence-electron chi connectivity index (χ2n) is 3.79. The Hall–Kier alpha value is -0.520. The summed E-state index contributed by atoms with van der Waals surface area (Å²) in [5.41, 5.74) is 0.210. The first kappa shape index (κ1) is 14.9. The van der Waals surface area contributed by atoms with Crippen molar-refractivity contribution in [3.63, 3.8) is 0 Å². The van der Waals surface area contributed by atoms with Crippen molar-refractivity contribution in [2.45, 2.75) is 4.83 Å². The zero-order valence-electron chi connectivity index (χ0n) is 9.23. The molecule has 19 heavy (non-hydrogen) atoms. The molecule has 0 aromatic heterocycles. The van der Waals surface area contributed by atoms with Crippen LogP contribution in [-0.2, 0) is 0 Å². The predicted octanol–water partition coefficient (Wildman–Crippen LogP) is 6.00. The monoisotopic (exact) mass is 412 g/mol. The molecule has 0 fully saturated rings. The van der Waals surface area contributed by atoms with E-state index in [1.54, 1.807) is 18.2 Å². The van der Waals surface area contributed by atoms with Gasteiger partial charge < -0.3 is 0 Å². The Morgan fingerprint density at radius 1 is 1.05 bits per heavy atom. The molecule has 0 nitrogen and oxygen atoms in total. The van der Waals surface area contributed by atoms with Crippen LogP contribution in [0.2, 0.25) is 5.02 Å². The van der Waals surface area contributed by atoms with Gasteiger partial charge in [0.1, 0.15) is 17.5 Å². The van der Waals surface area contributed by atoms with Crippen LogP contribution in [0.25, 0.3) is 0 Å². The second-order valence-corrected chi connectivity index (χ2v) is 5.94. The minimum atomic E-state index is -0.963. The third-order valence-electron chi connectivity index (χ3n) is 2.55. The summed E-state index contributed by atoms with van der Waals surface area (Å²) in [6, 6.07) is 6.31. The van der Waals surface area contributed by atoms with Gasteiger partial charge in [0, 0.05) is 22.2 Å². The van der Waals surface area contributed by atoms with E-state index in [0.29, 0.717) is 27.2 Å². The standard InChI is InChI=1S/C13H6Br2ClF3/c14-8-3-1-2-7(13(8)16)12(15)11-9(18)4-6(17)5-10(11)19/h1-5,12H. The molecule has 0 aliphatic carbocycles. The molecular weight excluding hydrogens is 408 g/mol. The van der Waals surface area contributed by atoms with Crippen molar-refractivity contribution >= 4 is 43.5 Å². The number of halogens is 6. The van der Waals surface area contributed by atoms with Crippen LogP contribution in [0.5, 0.6) is 0 Å². The topological polar surface area (TPSA) is 0 Å². The minimum Gasteiger partial charge on any atom is -0.207 e. The molecule has 0 bridgehead atoms. The molecule has 100 valence electrons. The Balaban J connectivity index is 2.56. The fraction of sp³-hybridized carbons (Fsp3) is 0.0769. The molecule has 1 unspecified atom stereocenters. The second kappa shape index (κ2) is 5.85. The highest BCUT2D eigenvalue weighted by atomic mass is 79.9. The van der Waals surface area contributed by atoms with Crippen molar-refractivity contribution in [3.8, 4) is 0 Å². The Labute approximate surface area is 129 Å². The van der Waals surface area contributed by atoms with Gasteiger partial charge in [0.25, 0.3) is 0 Å². The fourth-order valence-electron chi connectivity index (χ4n) is 1.67. The van der Waals surface area contributed by atoms with Crippen molar-refractivity contribution < 1.29 is 13.2 Å². The molecule has 0 saturated heterocycles. The Morgan fingerprint density at radius 3 is 2.21 bits per heavy atom. The van der Waals surface area contributed by atoms with Crippen molar-refractivity contribution in [2.24, 2.45) is 0 Å². The maximum absolute atomic E-state index is 13.7. The third-order valence-corrected chi connectivity index (χ3v) is 4.81. The molecule has 0 spiro atoms. The van der Waals surface area contributed by atoms with Gasteiger partial charge in [-0.05, 0) is 27.6 Å².